The first-order valence-electron chi connectivity index (χ1n) is 3.57. The molecule has 0 saturated heterocycles. The standard InChI is InChI=1S/C9H12O.ClH/c1-2-9(10)8-6-4-3-5-7-8;/h3-7,9-10H,2H2,1H3;1H. The van der Waals surface area contributed by atoms with E-state index in [9.17, 15) is 5.11 Å². The molecule has 0 fully saturated rings. The molecule has 1 aromatic carbocycles. The van der Waals surface area contributed by atoms with Crippen LogP contribution >= 0.6 is 12.4 Å². The summed E-state index contributed by atoms with van der Waals surface area (Å²) in [6, 6.07) is 9.70. The average Bonchev–Trinajstić information content (AvgIpc) is 2.05. The zero-order chi connectivity index (χ0) is 7.40. The minimum atomic E-state index is -0.291. The molecule has 0 amide bonds. The number of rotatable bonds is 2. The van der Waals surface area contributed by atoms with Gasteiger partial charge >= 0.3 is 0 Å². The zero-order valence-electron chi connectivity index (χ0n) is 6.53. The SMILES string of the molecule is CCC(O)c1ccccc1.Cl. The van der Waals surface area contributed by atoms with E-state index in [-0.39, 0.29) is 18.5 Å². The van der Waals surface area contributed by atoms with Crippen LogP contribution in [0.2, 0.25) is 0 Å². The van der Waals surface area contributed by atoms with E-state index in [0.717, 1.165) is 12.0 Å². The normalized spacial score (nSPS) is 11.8. The monoisotopic (exact) mass is 172 g/mol. The maximum Gasteiger partial charge on any atom is 0.0787 e. The van der Waals surface area contributed by atoms with Gasteiger partial charge in [0.2, 0.25) is 0 Å². The Balaban J connectivity index is 0.000001000. The highest BCUT2D eigenvalue weighted by Crippen LogP contribution is 2.14. The third kappa shape index (κ3) is 2.91. The number of hydrogen-bond donors (Lipinski definition) is 1. The summed E-state index contributed by atoms with van der Waals surface area (Å²) in [5.41, 5.74) is 1.00. The van der Waals surface area contributed by atoms with Crippen molar-refractivity contribution in [2.75, 3.05) is 0 Å². The second kappa shape index (κ2) is 5.16. The van der Waals surface area contributed by atoms with Crippen molar-refractivity contribution in [2.45, 2.75) is 19.4 Å². The maximum absolute atomic E-state index is 9.33. The molecule has 0 bridgehead atoms. The summed E-state index contributed by atoms with van der Waals surface area (Å²) in [5.74, 6) is 0. The molecule has 0 aromatic heterocycles. The Morgan fingerprint density at radius 3 is 2.27 bits per heavy atom. The Kier molecular flexibility index (Phi) is 4.92. The largest absolute Gasteiger partial charge is 0.388 e. The van der Waals surface area contributed by atoms with Crippen LogP contribution in [0.3, 0.4) is 0 Å². The highest BCUT2D eigenvalue weighted by molar-refractivity contribution is 5.85. The summed E-state index contributed by atoms with van der Waals surface area (Å²) in [5, 5.41) is 9.33. The fraction of sp³-hybridized carbons (Fsp3) is 0.333. The lowest BCUT2D eigenvalue weighted by atomic mass is 10.1. The molecule has 1 nitrogen and oxygen atoms in total. The van der Waals surface area contributed by atoms with Crippen molar-refractivity contribution < 1.29 is 5.11 Å². The molecule has 1 rings (SSSR count). The molecule has 1 atom stereocenters. The van der Waals surface area contributed by atoms with Gasteiger partial charge in [0.25, 0.3) is 0 Å². The predicted octanol–water partition coefficient (Wildman–Crippen LogP) is 2.55. The van der Waals surface area contributed by atoms with Crippen LogP contribution in [0.25, 0.3) is 0 Å². The Hall–Kier alpha value is -0.530. The van der Waals surface area contributed by atoms with Gasteiger partial charge in [-0.15, -0.1) is 12.4 Å². The minimum Gasteiger partial charge on any atom is -0.388 e. The first kappa shape index (κ1) is 10.5. The third-order valence-electron chi connectivity index (χ3n) is 1.57. The van der Waals surface area contributed by atoms with Crippen LogP contribution in [-0.4, -0.2) is 5.11 Å². The van der Waals surface area contributed by atoms with Gasteiger partial charge in [-0.25, -0.2) is 0 Å². The highest BCUT2D eigenvalue weighted by Gasteiger charge is 2.00. The Morgan fingerprint density at radius 2 is 1.82 bits per heavy atom. The summed E-state index contributed by atoms with van der Waals surface area (Å²) in [6.45, 7) is 1.97. The lowest BCUT2D eigenvalue weighted by Gasteiger charge is -2.05. The van der Waals surface area contributed by atoms with E-state index in [1.165, 1.54) is 0 Å². The zero-order valence-corrected chi connectivity index (χ0v) is 7.34. The maximum atomic E-state index is 9.33. The van der Waals surface area contributed by atoms with E-state index >= 15 is 0 Å². The van der Waals surface area contributed by atoms with E-state index < -0.39 is 0 Å². The summed E-state index contributed by atoms with van der Waals surface area (Å²) in [4.78, 5) is 0. The second-order valence-corrected chi connectivity index (χ2v) is 2.33. The molecule has 1 N–H and O–H groups in total. The van der Waals surface area contributed by atoms with Crippen molar-refractivity contribution in [3.63, 3.8) is 0 Å². The van der Waals surface area contributed by atoms with E-state index in [2.05, 4.69) is 0 Å². The summed E-state index contributed by atoms with van der Waals surface area (Å²) >= 11 is 0. The topological polar surface area (TPSA) is 20.2 Å². The molecule has 0 aliphatic carbocycles. The van der Waals surface area contributed by atoms with Gasteiger partial charge < -0.3 is 5.11 Å². The molecule has 0 aliphatic rings. The lowest BCUT2D eigenvalue weighted by Crippen LogP contribution is -1.93. The van der Waals surface area contributed by atoms with Gasteiger partial charge in [-0.2, -0.15) is 0 Å². The van der Waals surface area contributed by atoms with Crippen LogP contribution < -0.4 is 0 Å². The molecule has 0 aliphatic heterocycles. The quantitative estimate of drug-likeness (QED) is 0.727. The first-order chi connectivity index (χ1) is 4.84. The molecule has 11 heavy (non-hydrogen) atoms. The Morgan fingerprint density at radius 1 is 1.27 bits per heavy atom. The number of aliphatic hydroxyl groups is 1. The number of halogens is 1. The van der Waals surface area contributed by atoms with Gasteiger partial charge in [0.15, 0.2) is 0 Å². The summed E-state index contributed by atoms with van der Waals surface area (Å²) < 4.78 is 0. The van der Waals surface area contributed by atoms with Gasteiger partial charge in [0.05, 0.1) is 6.10 Å². The molecule has 1 unspecified atom stereocenters. The number of aliphatic hydroxyl groups excluding tert-OH is 1. The van der Waals surface area contributed by atoms with E-state index in [0.29, 0.717) is 0 Å². The smallest absolute Gasteiger partial charge is 0.0787 e. The van der Waals surface area contributed by atoms with Crippen LogP contribution in [0, 0.1) is 0 Å². The molecule has 0 spiro atoms. The summed E-state index contributed by atoms with van der Waals surface area (Å²) in [6.07, 6.45) is 0.491. The molecular weight excluding hydrogens is 160 g/mol. The fourth-order valence-electron chi connectivity index (χ4n) is 0.911. The number of hydrogen-bond acceptors (Lipinski definition) is 1. The van der Waals surface area contributed by atoms with Crippen molar-refractivity contribution in [3.8, 4) is 0 Å². The molecule has 0 heterocycles. The molecule has 0 saturated carbocycles. The second-order valence-electron chi connectivity index (χ2n) is 2.33. The van der Waals surface area contributed by atoms with E-state index in [4.69, 9.17) is 0 Å². The minimum absolute atomic E-state index is 0. The number of benzene rings is 1. The molecule has 62 valence electrons. The molecular formula is C9H13ClO. The molecule has 1 aromatic rings. The van der Waals surface area contributed by atoms with Gasteiger partial charge in [-0.05, 0) is 12.0 Å². The molecule has 2 heteroatoms. The van der Waals surface area contributed by atoms with Crippen LogP contribution in [0.4, 0.5) is 0 Å². The first-order valence-corrected chi connectivity index (χ1v) is 3.57. The van der Waals surface area contributed by atoms with Crippen LogP contribution in [-0.2, 0) is 0 Å². The highest BCUT2D eigenvalue weighted by atomic mass is 35.5. The summed E-state index contributed by atoms with van der Waals surface area (Å²) in [7, 11) is 0. The van der Waals surface area contributed by atoms with Crippen LogP contribution in [0.1, 0.15) is 25.0 Å². The van der Waals surface area contributed by atoms with Gasteiger partial charge in [-0.1, -0.05) is 37.3 Å². The van der Waals surface area contributed by atoms with Crippen molar-refractivity contribution in [3.05, 3.63) is 35.9 Å². The Bertz CT molecular complexity index is 186. The predicted molar refractivity (Wildman–Crippen MR) is 48.9 cm³/mol. The Labute approximate surface area is 73.5 Å². The van der Waals surface area contributed by atoms with Crippen molar-refractivity contribution >= 4 is 12.4 Å². The van der Waals surface area contributed by atoms with Crippen LogP contribution in [0.5, 0.6) is 0 Å². The fourth-order valence-corrected chi connectivity index (χ4v) is 0.911. The van der Waals surface area contributed by atoms with Gasteiger partial charge in [0, 0.05) is 0 Å². The van der Waals surface area contributed by atoms with Gasteiger partial charge in [0.1, 0.15) is 0 Å². The third-order valence-corrected chi connectivity index (χ3v) is 1.57. The van der Waals surface area contributed by atoms with Crippen molar-refractivity contribution in [1.29, 1.82) is 0 Å². The van der Waals surface area contributed by atoms with E-state index in [1.807, 2.05) is 37.3 Å². The van der Waals surface area contributed by atoms with Crippen molar-refractivity contribution in [1.82, 2.24) is 0 Å². The van der Waals surface area contributed by atoms with Crippen molar-refractivity contribution in [2.24, 2.45) is 0 Å². The molecule has 0 radical (unpaired) electrons. The van der Waals surface area contributed by atoms with Gasteiger partial charge in [-0.3, -0.25) is 0 Å². The van der Waals surface area contributed by atoms with Crippen LogP contribution in [0.15, 0.2) is 30.3 Å². The van der Waals surface area contributed by atoms with E-state index in [1.54, 1.807) is 0 Å². The average molecular weight is 173 g/mol. The lowest BCUT2D eigenvalue weighted by molar-refractivity contribution is 0.173.